The lowest BCUT2D eigenvalue weighted by molar-refractivity contribution is 0.262. The lowest BCUT2D eigenvalue weighted by Gasteiger charge is -2.18. The molecule has 0 aliphatic carbocycles. The highest BCUT2D eigenvalue weighted by molar-refractivity contribution is 6.33. The predicted octanol–water partition coefficient (Wildman–Crippen LogP) is 5.92. The van der Waals surface area contributed by atoms with Crippen molar-refractivity contribution in [3.05, 3.63) is 71.5 Å². The van der Waals surface area contributed by atoms with Gasteiger partial charge in [0, 0.05) is 29.2 Å². The van der Waals surface area contributed by atoms with Gasteiger partial charge in [0.15, 0.2) is 0 Å². The second kappa shape index (κ2) is 9.30. The fraction of sp³-hybridized carbons (Fsp3) is 0.167. The summed E-state index contributed by atoms with van der Waals surface area (Å²) in [5.41, 5.74) is 7.39. The number of hydrogen-bond acceptors (Lipinski definition) is 5. The van der Waals surface area contributed by atoms with Gasteiger partial charge < -0.3 is 16.4 Å². The maximum atomic E-state index is 15.0. The molecule has 0 radical (unpaired) electrons. The quantitative estimate of drug-likeness (QED) is 0.324. The maximum absolute atomic E-state index is 15.0. The molecular formula is C24H22ClF2N7O. The molecule has 0 aliphatic rings. The number of halogens is 3. The van der Waals surface area contributed by atoms with Crippen LogP contribution in [0.25, 0.3) is 22.5 Å². The van der Waals surface area contributed by atoms with Crippen molar-refractivity contribution >= 4 is 35.0 Å². The first-order valence-corrected chi connectivity index (χ1v) is 10.9. The topological polar surface area (TPSA) is 111 Å². The molecule has 4 aromatic rings. The number of carbonyl (C=O) groups excluding carboxylic acids is 1. The van der Waals surface area contributed by atoms with Gasteiger partial charge >= 0.3 is 6.03 Å². The largest absolute Gasteiger partial charge is 0.368 e. The van der Waals surface area contributed by atoms with Crippen LogP contribution in [0.5, 0.6) is 0 Å². The lowest BCUT2D eigenvalue weighted by atomic mass is 10.0. The summed E-state index contributed by atoms with van der Waals surface area (Å²) < 4.78 is 30.0. The molecule has 8 nitrogen and oxygen atoms in total. The zero-order valence-electron chi connectivity index (χ0n) is 19.1. The summed E-state index contributed by atoms with van der Waals surface area (Å²) in [6, 6.07) is 8.74. The Morgan fingerprint density at radius 2 is 1.83 bits per heavy atom. The van der Waals surface area contributed by atoms with Gasteiger partial charge in [-0.15, -0.1) is 0 Å². The van der Waals surface area contributed by atoms with Gasteiger partial charge in [0.2, 0.25) is 5.95 Å². The second-order valence-electron chi connectivity index (χ2n) is 8.70. The highest BCUT2D eigenvalue weighted by Crippen LogP contribution is 2.35. The van der Waals surface area contributed by atoms with Gasteiger partial charge in [-0.2, -0.15) is 5.10 Å². The maximum Gasteiger partial charge on any atom is 0.323 e. The van der Waals surface area contributed by atoms with Crippen LogP contribution in [0.2, 0.25) is 5.02 Å². The van der Waals surface area contributed by atoms with Crippen LogP contribution in [0.15, 0.2) is 54.9 Å². The summed E-state index contributed by atoms with van der Waals surface area (Å²) in [5, 5.41) is 9.85. The van der Waals surface area contributed by atoms with Crippen LogP contribution in [0, 0.1) is 11.6 Å². The number of nitrogen functional groups attached to an aromatic ring is 1. The number of nitrogens with zero attached hydrogens (tertiary/aromatic N) is 4. The van der Waals surface area contributed by atoms with Crippen molar-refractivity contribution in [3.8, 4) is 22.5 Å². The molecule has 0 aliphatic heterocycles. The minimum atomic E-state index is -0.634. The number of anilines is 3. The monoisotopic (exact) mass is 497 g/mol. The number of rotatable bonds is 4. The number of aromatic nitrogens is 4. The predicted molar refractivity (Wildman–Crippen MR) is 132 cm³/mol. The molecule has 0 saturated carbocycles. The van der Waals surface area contributed by atoms with E-state index in [-0.39, 0.29) is 22.2 Å². The van der Waals surface area contributed by atoms with E-state index in [9.17, 15) is 9.18 Å². The first-order chi connectivity index (χ1) is 16.5. The van der Waals surface area contributed by atoms with E-state index in [2.05, 4.69) is 25.7 Å². The SMILES string of the molecule is CC(C)(C)n1cc(-c2cc(NC(=O)Nc3ccc(F)cc3Cl)ccc2F)c(-c2ccnc(N)n2)n1. The Bertz CT molecular complexity index is 1420. The van der Waals surface area contributed by atoms with E-state index >= 15 is 4.39 Å². The molecule has 2 amide bonds. The molecule has 35 heavy (non-hydrogen) atoms. The van der Waals surface area contributed by atoms with Crippen molar-refractivity contribution in [2.24, 2.45) is 0 Å². The standard InChI is InChI=1S/C24H22ClF2N7O/c1-24(2,3)34-12-16(21(33-34)20-8-9-29-22(28)31-20)15-11-14(5-6-18(15)27)30-23(35)32-19-7-4-13(26)10-17(19)25/h4-12H,1-3H3,(H2,28,29,31)(H2,30,32,35). The summed E-state index contributed by atoms with van der Waals surface area (Å²) >= 11 is 5.97. The van der Waals surface area contributed by atoms with E-state index in [0.29, 0.717) is 22.6 Å². The van der Waals surface area contributed by atoms with Gasteiger partial charge in [0.05, 0.1) is 21.9 Å². The molecule has 4 rings (SSSR count). The van der Waals surface area contributed by atoms with Crippen LogP contribution in [-0.4, -0.2) is 25.8 Å². The Labute approximate surface area is 205 Å². The number of urea groups is 1. The number of benzene rings is 2. The summed E-state index contributed by atoms with van der Waals surface area (Å²) in [6.07, 6.45) is 3.21. The molecule has 0 fully saturated rings. The first kappa shape index (κ1) is 24.1. The minimum absolute atomic E-state index is 0.0447. The Hall–Kier alpha value is -4.05. The van der Waals surface area contributed by atoms with E-state index in [0.717, 1.165) is 6.07 Å². The molecule has 180 valence electrons. The summed E-state index contributed by atoms with van der Waals surface area (Å²) in [7, 11) is 0. The number of amides is 2. The molecule has 2 aromatic carbocycles. The Kier molecular flexibility index (Phi) is 6.40. The third-order valence-corrected chi connectivity index (χ3v) is 5.32. The molecular weight excluding hydrogens is 476 g/mol. The number of hydrogen-bond donors (Lipinski definition) is 3. The molecule has 11 heteroatoms. The minimum Gasteiger partial charge on any atom is -0.368 e. The molecule has 0 saturated heterocycles. The molecule has 0 spiro atoms. The zero-order chi connectivity index (χ0) is 25.3. The number of nitrogens with two attached hydrogens (primary N) is 1. The van der Waals surface area contributed by atoms with Crippen molar-refractivity contribution in [2.75, 3.05) is 16.4 Å². The third-order valence-electron chi connectivity index (χ3n) is 5.01. The van der Waals surface area contributed by atoms with Gasteiger partial charge in [0.25, 0.3) is 0 Å². The van der Waals surface area contributed by atoms with Crippen LogP contribution in [0.1, 0.15) is 20.8 Å². The number of carbonyl (C=O) groups is 1. The second-order valence-corrected chi connectivity index (χ2v) is 9.11. The number of nitrogens with one attached hydrogen (secondary N) is 2. The highest BCUT2D eigenvalue weighted by Gasteiger charge is 2.23. The van der Waals surface area contributed by atoms with Gasteiger partial charge in [-0.25, -0.2) is 23.5 Å². The Morgan fingerprint density at radius 3 is 2.51 bits per heavy atom. The van der Waals surface area contributed by atoms with Gasteiger partial charge in [0.1, 0.15) is 17.3 Å². The fourth-order valence-corrected chi connectivity index (χ4v) is 3.51. The van der Waals surface area contributed by atoms with E-state index in [4.69, 9.17) is 17.3 Å². The van der Waals surface area contributed by atoms with Crippen molar-refractivity contribution in [1.82, 2.24) is 19.7 Å². The summed E-state index contributed by atoms with van der Waals surface area (Å²) in [4.78, 5) is 20.6. The van der Waals surface area contributed by atoms with E-state index in [1.807, 2.05) is 20.8 Å². The first-order valence-electron chi connectivity index (χ1n) is 10.5. The van der Waals surface area contributed by atoms with Crippen LogP contribution < -0.4 is 16.4 Å². The van der Waals surface area contributed by atoms with Crippen LogP contribution >= 0.6 is 11.6 Å². The van der Waals surface area contributed by atoms with Gasteiger partial charge in [-0.3, -0.25) is 4.68 Å². The van der Waals surface area contributed by atoms with E-state index in [1.165, 1.54) is 36.5 Å². The van der Waals surface area contributed by atoms with Gasteiger partial charge in [-0.1, -0.05) is 11.6 Å². The Balaban J connectivity index is 1.70. The van der Waals surface area contributed by atoms with Crippen molar-refractivity contribution < 1.29 is 13.6 Å². The Morgan fingerprint density at radius 1 is 1.06 bits per heavy atom. The lowest BCUT2D eigenvalue weighted by Crippen LogP contribution is -2.22. The van der Waals surface area contributed by atoms with Crippen LogP contribution in [-0.2, 0) is 5.54 Å². The van der Waals surface area contributed by atoms with Crippen molar-refractivity contribution in [2.45, 2.75) is 26.3 Å². The molecule has 4 N–H and O–H groups in total. The van der Waals surface area contributed by atoms with Crippen molar-refractivity contribution in [1.29, 1.82) is 0 Å². The van der Waals surface area contributed by atoms with Crippen molar-refractivity contribution in [3.63, 3.8) is 0 Å². The fourth-order valence-electron chi connectivity index (χ4n) is 3.29. The molecule has 0 unspecified atom stereocenters. The van der Waals surface area contributed by atoms with Gasteiger partial charge in [-0.05, 0) is 63.2 Å². The molecule has 2 aromatic heterocycles. The normalized spacial score (nSPS) is 11.4. The summed E-state index contributed by atoms with van der Waals surface area (Å²) in [5.74, 6) is -0.985. The zero-order valence-corrected chi connectivity index (χ0v) is 19.9. The van der Waals surface area contributed by atoms with Crippen LogP contribution in [0.3, 0.4) is 0 Å². The summed E-state index contributed by atoms with van der Waals surface area (Å²) in [6.45, 7) is 5.88. The third kappa shape index (κ3) is 5.38. The molecule has 0 atom stereocenters. The average Bonchev–Trinajstić information content (AvgIpc) is 3.23. The molecule has 0 bridgehead atoms. The van der Waals surface area contributed by atoms with Crippen LogP contribution in [0.4, 0.5) is 30.9 Å². The average molecular weight is 498 g/mol. The van der Waals surface area contributed by atoms with E-state index < -0.39 is 23.2 Å². The molecule has 2 heterocycles. The smallest absolute Gasteiger partial charge is 0.323 e. The van der Waals surface area contributed by atoms with E-state index in [1.54, 1.807) is 16.9 Å². The highest BCUT2D eigenvalue weighted by atomic mass is 35.5.